The fraction of sp³-hybridized carbons (Fsp3) is 0.571. The Hall–Kier alpha value is -1.40. The number of ether oxygens (including phenoxy) is 2. The molecule has 0 amide bonds. The van der Waals surface area contributed by atoms with E-state index in [-0.39, 0.29) is 17.9 Å². The van der Waals surface area contributed by atoms with Gasteiger partial charge < -0.3 is 19.5 Å². The molecule has 0 radical (unpaired) electrons. The fourth-order valence-corrected chi connectivity index (χ4v) is 2.73. The summed E-state index contributed by atoms with van der Waals surface area (Å²) in [5.41, 5.74) is -0.0763. The number of rotatable bonds is 4. The molecule has 4 nitrogen and oxygen atoms in total. The standard InChI is InChI=1S/C14H19F2NO3/c1-19-14(20-2)9-3-5-17(6-4-9)13-11(15)7-10(18)8-12(13)16/h7-9,14,18H,3-6H2,1-2H3. The van der Waals surface area contributed by atoms with Gasteiger partial charge in [-0.3, -0.25) is 0 Å². The SMILES string of the molecule is COC(OC)C1CCN(c2c(F)cc(O)cc2F)CC1. The van der Waals surface area contributed by atoms with E-state index in [0.717, 1.165) is 25.0 Å². The minimum absolute atomic E-state index is 0.0763. The van der Waals surface area contributed by atoms with Gasteiger partial charge in [0.15, 0.2) is 17.9 Å². The summed E-state index contributed by atoms with van der Waals surface area (Å²) in [5, 5.41) is 9.16. The molecule has 1 aliphatic heterocycles. The zero-order chi connectivity index (χ0) is 14.7. The van der Waals surface area contributed by atoms with Crippen LogP contribution in [0.5, 0.6) is 5.75 Å². The van der Waals surface area contributed by atoms with Gasteiger partial charge in [0, 0.05) is 45.4 Å². The molecule has 0 aromatic heterocycles. The molecule has 1 fully saturated rings. The second-order valence-corrected chi connectivity index (χ2v) is 4.92. The summed E-state index contributed by atoms with van der Waals surface area (Å²) in [6, 6.07) is 1.86. The Bertz CT molecular complexity index is 435. The average Bonchev–Trinajstić information content (AvgIpc) is 2.40. The first-order valence-corrected chi connectivity index (χ1v) is 6.55. The maximum Gasteiger partial charge on any atom is 0.159 e. The Morgan fingerprint density at radius 2 is 1.65 bits per heavy atom. The molecule has 1 aromatic rings. The van der Waals surface area contributed by atoms with Crippen molar-refractivity contribution in [1.82, 2.24) is 0 Å². The predicted octanol–water partition coefficient (Wildman–Crippen LogP) is 2.51. The monoisotopic (exact) mass is 287 g/mol. The van der Waals surface area contributed by atoms with Crippen LogP contribution in [-0.4, -0.2) is 38.7 Å². The largest absolute Gasteiger partial charge is 0.508 e. The van der Waals surface area contributed by atoms with Crippen LogP contribution in [-0.2, 0) is 9.47 Å². The number of nitrogens with zero attached hydrogens (tertiary/aromatic N) is 1. The molecule has 2 rings (SSSR count). The van der Waals surface area contributed by atoms with E-state index in [2.05, 4.69) is 0 Å². The van der Waals surface area contributed by atoms with Crippen LogP contribution in [0.15, 0.2) is 12.1 Å². The van der Waals surface area contributed by atoms with E-state index in [1.807, 2.05) is 0 Å². The van der Waals surface area contributed by atoms with Gasteiger partial charge in [0.25, 0.3) is 0 Å². The zero-order valence-electron chi connectivity index (χ0n) is 11.6. The van der Waals surface area contributed by atoms with Gasteiger partial charge in [-0.2, -0.15) is 0 Å². The third-order valence-electron chi connectivity index (χ3n) is 3.71. The van der Waals surface area contributed by atoms with E-state index in [1.54, 1.807) is 19.1 Å². The lowest BCUT2D eigenvalue weighted by molar-refractivity contribution is -0.141. The molecule has 1 saturated heterocycles. The van der Waals surface area contributed by atoms with Gasteiger partial charge in [-0.05, 0) is 12.8 Å². The Morgan fingerprint density at radius 1 is 1.15 bits per heavy atom. The molecule has 0 atom stereocenters. The van der Waals surface area contributed by atoms with Crippen LogP contribution < -0.4 is 4.90 Å². The van der Waals surface area contributed by atoms with Gasteiger partial charge in [0.1, 0.15) is 11.4 Å². The first-order valence-electron chi connectivity index (χ1n) is 6.55. The lowest BCUT2D eigenvalue weighted by atomic mass is 9.95. The topological polar surface area (TPSA) is 41.9 Å². The molecule has 0 saturated carbocycles. The van der Waals surface area contributed by atoms with Crippen molar-refractivity contribution in [1.29, 1.82) is 0 Å². The quantitative estimate of drug-likeness (QED) is 0.864. The number of benzene rings is 1. The molecule has 1 aromatic carbocycles. The smallest absolute Gasteiger partial charge is 0.159 e. The van der Waals surface area contributed by atoms with E-state index >= 15 is 0 Å². The minimum Gasteiger partial charge on any atom is -0.508 e. The van der Waals surface area contributed by atoms with Crippen LogP contribution in [0.1, 0.15) is 12.8 Å². The van der Waals surface area contributed by atoms with Crippen molar-refractivity contribution in [2.45, 2.75) is 19.1 Å². The number of phenols is 1. The highest BCUT2D eigenvalue weighted by molar-refractivity contribution is 5.52. The second-order valence-electron chi connectivity index (χ2n) is 4.92. The number of hydrogen-bond acceptors (Lipinski definition) is 4. The van der Waals surface area contributed by atoms with E-state index in [9.17, 15) is 8.78 Å². The Kier molecular flexibility index (Phi) is 4.77. The van der Waals surface area contributed by atoms with Crippen LogP contribution in [0, 0.1) is 17.6 Å². The molecular formula is C14H19F2NO3. The number of halogens is 2. The number of anilines is 1. The molecule has 0 bridgehead atoms. The molecule has 1 aliphatic rings. The lowest BCUT2D eigenvalue weighted by Gasteiger charge is -2.36. The van der Waals surface area contributed by atoms with Crippen molar-refractivity contribution in [3.8, 4) is 5.75 Å². The van der Waals surface area contributed by atoms with Crippen LogP contribution in [0.25, 0.3) is 0 Å². The maximum absolute atomic E-state index is 13.8. The number of aromatic hydroxyl groups is 1. The highest BCUT2D eigenvalue weighted by atomic mass is 19.1. The molecule has 0 spiro atoms. The normalized spacial score (nSPS) is 16.9. The number of methoxy groups -OCH3 is 2. The van der Waals surface area contributed by atoms with Crippen molar-refractivity contribution in [3.63, 3.8) is 0 Å². The Labute approximate surface area is 116 Å². The van der Waals surface area contributed by atoms with Crippen LogP contribution in [0.2, 0.25) is 0 Å². The predicted molar refractivity (Wildman–Crippen MR) is 70.8 cm³/mol. The van der Waals surface area contributed by atoms with Crippen molar-refractivity contribution < 1.29 is 23.4 Å². The molecule has 6 heteroatoms. The highest BCUT2D eigenvalue weighted by Crippen LogP contribution is 2.32. The first-order chi connectivity index (χ1) is 9.56. The molecule has 112 valence electrons. The summed E-state index contributed by atoms with van der Waals surface area (Å²) in [6.45, 7) is 1.04. The first kappa shape index (κ1) is 15.0. The van der Waals surface area contributed by atoms with Gasteiger partial charge in [-0.1, -0.05) is 0 Å². The van der Waals surface area contributed by atoms with E-state index in [1.165, 1.54) is 0 Å². The van der Waals surface area contributed by atoms with Gasteiger partial charge in [0.2, 0.25) is 0 Å². The fourth-order valence-electron chi connectivity index (χ4n) is 2.73. The van der Waals surface area contributed by atoms with E-state index in [0.29, 0.717) is 13.1 Å². The molecule has 1 N–H and O–H groups in total. The Morgan fingerprint density at radius 3 is 2.10 bits per heavy atom. The molecular weight excluding hydrogens is 268 g/mol. The summed E-state index contributed by atoms with van der Waals surface area (Å²) >= 11 is 0. The second kappa shape index (κ2) is 6.37. The summed E-state index contributed by atoms with van der Waals surface area (Å²) in [7, 11) is 3.17. The molecule has 0 aliphatic carbocycles. The molecule has 20 heavy (non-hydrogen) atoms. The van der Waals surface area contributed by atoms with Crippen molar-refractivity contribution in [3.05, 3.63) is 23.8 Å². The maximum atomic E-state index is 13.8. The third kappa shape index (κ3) is 3.02. The van der Waals surface area contributed by atoms with E-state index < -0.39 is 17.4 Å². The van der Waals surface area contributed by atoms with Crippen molar-refractivity contribution in [2.75, 3.05) is 32.2 Å². The Balaban J connectivity index is 2.08. The van der Waals surface area contributed by atoms with Crippen LogP contribution in [0.4, 0.5) is 14.5 Å². The van der Waals surface area contributed by atoms with Gasteiger partial charge in [-0.25, -0.2) is 8.78 Å². The van der Waals surface area contributed by atoms with Gasteiger partial charge in [-0.15, -0.1) is 0 Å². The summed E-state index contributed by atoms with van der Waals surface area (Å²) in [5.74, 6) is -1.67. The minimum atomic E-state index is -0.740. The molecule has 0 unspecified atom stereocenters. The lowest BCUT2D eigenvalue weighted by Crippen LogP contribution is -2.39. The zero-order valence-corrected chi connectivity index (χ0v) is 11.6. The number of phenolic OH excluding ortho intramolecular Hbond substituents is 1. The molecule has 1 heterocycles. The summed E-state index contributed by atoms with van der Waals surface area (Å²) in [4.78, 5) is 1.66. The highest BCUT2D eigenvalue weighted by Gasteiger charge is 2.29. The van der Waals surface area contributed by atoms with Crippen molar-refractivity contribution in [2.24, 2.45) is 5.92 Å². The summed E-state index contributed by atoms with van der Waals surface area (Å²) < 4.78 is 38.0. The van der Waals surface area contributed by atoms with Gasteiger partial charge in [0.05, 0.1) is 0 Å². The third-order valence-corrected chi connectivity index (χ3v) is 3.71. The van der Waals surface area contributed by atoms with Crippen LogP contribution in [0.3, 0.4) is 0 Å². The number of hydrogen-bond donors (Lipinski definition) is 1. The average molecular weight is 287 g/mol. The summed E-state index contributed by atoms with van der Waals surface area (Å²) in [6.07, 6.45) is 1.17. The number of piperidine rings is 1. The van der Waals surface area contributed by atoms with Crippen molar-refractivity contribution >= 4 is 5.69 Å². The van der Waals surface area contributed by atoms with Gasteiger partial charge >= 0.3 is 0 Å². The van der Waals surface area contributed by atoms with Crippen LogP contribution >= 0.6 is 0 Å². The van der Waals surface area contributed by atoms with E-state index in [4.69, 9.17) is 14.6 Å².